The van der Waals surface area contributed by atoms with Crippen LogP contribution in [-0.2, 0) is 0 Å². The number of para-hydroxylation sites is 1. The second kappa shape index (κ2) is 6.83. The van der Waals surface area contributed by atoms with Crippen molar-refractivity contribution in [2.45, 2.75) is 0 Å². The molecule has 5 heteroatoms. The average Bonchev–Trinajstić information content (AvgIpc) is 2.62. The van der Waals surface area contributed by atoms with Crippen molar-refractivity contribution in [1.29, 1.82) is 0 Å². The number of benzene rings is 3. The minimum Gasteiger partial charge on any atom is -0.457 e. The minimum absolute atomic E-state index is 0.0150. The van der Waals surface area contributed by atoms with E-state index in [0.29, 0.717) is 17.2 Å². The van der Waals surface area contributed by atoms with E-state index in [4.69, 9.17) is 4.74 Å². The minimum atomic E-state index is -0.423. The molecular weight excluding hydrogens is 304 g/mol. The zero-order valence-electron chi connectivity index (χ0n) is 13.1. The normalized spacial score (nSPS) is 10.2. The second-order valence-corrected chi connectivity index (χ2v) is 5.15. The topological polar surface area (TPSA) is 64.4 Å². The average molecular weight is 320 g/mol. The van der Waals surface area contributed by atoms with Gasteiger partial charge in [0.1, 0.15) is 17.2 Å². The molecule has 0 aliphatic heterocycles. The number of hydrogen-bond donors (Lipinski definition) is 1. The maximum Gasteiger partial charge on any atom is 0.292 e. The zero-order chi connectivity index (χ0) is 16.9. The molecule has 120 valence electrons. The maximum absolute atomic E-state index is 11.0. The van der Waals surface area contributed by atoms with Crippen LogP contribution in [0.3, 0.4) is 0 Å². The van der Waals surface area contributed by atoms with Gasteiger partial charge in [0.15, 0.2) is 0 Å². The summed E-state index contributed by atoms with van der Waals surface area (Å²) in [4.78, 5) is 10.6. The number of nitrogens with zero attached hydrogens (tertiary/aromatic N) is 1. The van der Waals surface area contributed by atoms with E-state index in [0.717, 1.165) is 11.1 Å². The number of hydrogen-bond acceptors (Lipinski definition) is 4. The van der Waals surface area contributed by atoms with Gasteiger partial charge in [0.25, 0.3) is 5.69 Å². The molecule has 5 nitrogen and oxygen atoms in total. The van der Waals surface area contributed by atoms with Gasteiger partial charge in [-0.25, -0.2) is 0 Å². The molecule has 0 aliphatic carbocycles. The van der Waals surface area contributed by atoms with Crippen LogP contribution in [0.25, 0.3) is 11.1 Å². The highest BCUT2D eigenvalue weighted by Gasteiger charge is 2.14. The maximum atomic E-state index is 11.0. The van der Waals surface area contributed by atoms with Crippen molar-refractivity contribution >= 4 is 11.4 Å². The number of anilines is 1. The molecule has 3 aromatic rings. The predicted molar refractivity (Wildman–Crippen MR) is 94.6 cm³/mol. The molecular formula is C19H16N2O3. The predicted octanol–water partition coefficient (Wildman–Crippen LogP) is 5.10. The fourth-order valence-corrected chi connectivity index (χ4v) is 2.48. The molecule has 0 atom stereocenters. The molecule has 0 amide bonds. The van der Waals surface area contributed by atoms with Crippen molar-refractivity contribution in [1.82, 2.24) is 0 Å². The molecule has 0 saturated carbocycles. The van der Waals surface area contributed by atoms with E-state index in [-0.39, 0.29) is 5.69 Å². The fourth-order valence-electron chi connectivity index (χ4n) is 2.48. The summed E-state index contributed by atoms with van der Waals surface area (Å²) >= 11 is 0. The molecule has 0 fully saturated rings. The summed E-state index contributed by atoms with van der Waals surface area (Å²) in [6, 6.07) is 22.3. The Balaban J connectivity index is 1.97. The lowest BCUT2D eigenvalue weighted by Crippen LogP contribution is -1.97. The van der Waals surface area contributed by atoms with Crippen molar-refractivity contribution in [2.24, 2.45) is 0 Å². The van der Waals surface area contributed by atoms with Crippen LogP contribution in [-0.4, -0.2) is 12.0 Å². The number of nitro benzene ring substituents is 1. The summed E-state index contributed by atoms with van der Waals surface area (Å²) in [6.45, 7) is 0. The van der Waals surface area contributed by atoms with Gasteiger partial charge in [-0.15, -0.1) is 0 Å². The van der Waals surface area contributed by atoms with Crippen LogP contribution >= 0.6 is 0 Å². The van der Waals surface area contributed by atoms with Crippen molar-refractivity contribution in [3.8, 4) is 22.6 Å². The number of rotatable bonds is 5. The zero-order valence-corrected chi connectivity index (χ0v) is 13.1. The molecule has 0 aromatic heterocycles. The molecule has 24 heavy (non-hydrogen) atoms. The van der Waals surface area contributed by atoms with Crippen LogP contribution in [0.2, 0.25) is 0 Å². The van der Waals surface area contributed by atoms with E-state index in [1.165, 1.54) is 6.07 Å². The van der Waals surface area contributed by atoms with E-state index in [2.05, 4.69) is 5.32 Å². The smallest absolute Gasteiger partial charge is 0.292 e. The lowest BCUT2D eigenvalue weighted by atomic mass is 10.0. The van der Waals surface area contributed by atoms with Gasteiger partial charge in [0, 0.05) is 24.7 Å². The monoisotopic (exact) mass is 320 g/mol. The molecule has 0 heterocycles. The van der Waals surface area contributed by atoms with Crippen molar-refractivity contribution in [2.75, 3.05) is 12.4 Å². The standard InChI is InChI=1S/C19H16N2O3/c1-20-17-13-15(11-12-18(17)21(22)23)24-19-10-6-5-9-16(19)14-7-3-2-4-8-14/h2-13,20H,1H3. The third-order valence-corrected chi connectivity index (χ3v) is 3.63. The van der Waals surface area contributed by atoms with Gasteiger partial charge in [-0.05, 0) is 17.7 Å². The summed E-state index contributed by atoms with van der Waals surface area (Å²) in [5.41, 5.74) is 2.43. The van der Waals surface area contributed by atoms with Gasteiger partial charge in [0.2, 0.25) is 0 Å². The van der Waals surface area contributed by atoms with Gasteiger partial charge in [0.05, 0.1) is 4.92 Å². The Hall–Kier alpha value is -3.34. The Labute approximate surface area is 139 Å². The Bertz CT molecular complexity index is 863. The first kappa shape index (κ1) is 15.6. The molecule has 0 radical (unpaired) electrons. The third kappa shape index (κ3) is 3.20. The van der Waals surface area contributed by atoms with Gasteiger partial charge in [-0.1, -0.05) is 48.5 Å². The third-order valence-electron chi connectivity index (χ3n) is 3.63. The Morgan fingerprint density at radius 2 is 1.67 bits per heavy atom. The van der Waals surface area contributed by atoms with Crippen LogP contribution in [0.5, 0.6) is 11.5 Å². The number of nitrogens with one attached hydrogen (secondary N) is 1. The van der Waals surface area contributed by atoms with E-state index in [1.54, 1.807) is 19.2 Å². The van der Waals surface area contributed by atoms with Crippen molar-refractivity contribution in [3.05, 3.63) is 82.9 Å². The largest absolute Gasteiger partial charge is 0.457 e. The molecule has 3 rings (SSSR count). The fraction of sp³-hybridized carbons (Fsp3) is 0.0526. The molecule has 0 aliphatic rings. The van der Waals surface area contributed by atoms with Gasteiger partial charge in [-0.2, -0.15) is 0 Å². The van der Waals surface area contributed by atoms with Gasteiger partial charge >= 0.3 is 0 Å². The Morgan fingerprint density at radius 3 is 2.38 bits per heavy atom. The van der Waals surface area contributed by atoms with Crippen LogP contribution in [0.15, 0.2) is 72.8 Å². The van der Waals surface area contributed by atoms with E-state index in [9.17, 15) is 10.1 Å². The first-order valence-corrected chi connectivity index (χ1v) is 7.47. The molecule has 1 N–H and O–H groups in total. The van der Waals surface area contributed by atoms with Gasteiger partial charge in [-0.3, -0.25) is 10.1 Å². The summed E-state index contributed by atoms with van der Waals surface area (Å²) in [5.74, 6) is 1.23. The number of ether oxygens (including phenoxy) is 1. The Kier molecular flexibility index (Phi) is 4.43. The van der Waals surface area contributed by atoms with Crippen LogP contribution in [0, 0.1) is 10.1 Å². The van der Waals surface area contributed by atoms with Gasteiger partial charge < -0.3 is 10.1 Å². The highest BCUT2D eigenvalue weighted by Crippen LogP contribution is 2.35. The van der Waals surface area contributed by atoms with Crippen LogP contribution in [0.4, 0.5) is 11.4 Å². The Morgan fingerprint density at radius 1 is 0.958 bits per heavy atom. The van der Waals surface area contributed by atoms with Crippen molar-refractivity contribution in [3.63, 3.8) is 0 Å². The lowest BCUT2D eigenvalue weighted by Gasteiger charge is -2.12. The highest BCUT2D eigenvalue weighted by atomic mass is 16.6. The lowest BCUT2D eigenvalue weighted by molar-refractivity contribution is -0.384. The molecule has 3 aromatic carbocycles. The SMILES string of the molecule is CNc1cc(Oc2ccccc2-c2ccccc2)ccc1[N+](=O)[O-]. The summed E-state index contributed by atoms with van der Waals surface area (Å²) in [6.07, 6.45) is 0. The number of nitro groups is 1. The molecule has 0 saturated heterocycles. The van der Waals surface area contributed by atoms with E-state index >= 15 is 0 Å². The first-order valence-electron chi connectivity index (χ1n) is 7.47. The van der Waals surface area contributed by atoms with Crippen LogP contribution < -0.4 is 10.1 Å². The summed E-state index contributed by atoms with van der Waals surface area (Å²) in [5, 5.41) is 13.8. The molecule has 0 bridgehead atoms. The first-order chi connectivity index (χ1) is 11.7. The van der Waals surface area contributed by atoms with E-state index < -0.39 is 4.92 Å². The molecule has 0 unspecified atom stereocenters. The second-order valence-electron chi connectivity index (χ2n) is 5.15. The summed E-state index contributed by atoms with van der Waals surface area (Å²) in [7, 11) is 1.64. The quantitative estimate of drug-likeness (QED) is 0.525. The van der Waals surface area contributed by atoms with Crippen molar-refractivity contribution < 1.29 is 9.66 Å². The highest BCUT2D eigenvalue weighted by molar-refractivity contribution is 5.71. The van der Waals surface area contributed by atoms with Crippen LogP contribution in [0.1, 0.15) is 0 Å². The van der Waals surface area contributed by atoms with E-state index in [1.807, 2.05) is 54.6 Å². The molecule has 0 spiro atoms. The summed E-state index contributed by atoms with van der Waals surface area (Å²) < 4.78 is 5.98.